The zero-order valence-electron chi connectivity index (χ0n) is 12.0. The largest absolute Gasteiger partial charge is 0.387 e. The van der Waals surface area contributed by atoms with Gasteiger partial charge in [-0.15, -0.1) is 0 Å². The van der Waals surface area contributed by atoms with Gasteiger partial charge in [0.2, 0.25) is 5.91 Å². The molecule has 1 aromatic rings. The molecular weight excluding hydrogens is 240 g/mol. The molecule has 2 atom stereocenters. The number of carbonyl (C=O) groups is 1. The first-order valence-corrected chi connectivity index (χ1v) is 6.92. The number of hydrogen-bond donors (Lipinski definition) is 2. The molecule has 0 aliphatic rings. The minimum absolute atomic E-state index is 0.0228. The Morgan fingerprint density at radius 2 is 2.00 bits per heavy atom. The summed E-state index contributed by atoms with van der Waals surface area (Å²) < 4.78 is 0. The first-order valence-electron chi connectivity index (χ1n) is 6.92. The molecule has 4 nitrogen and oxygen atoms in total. The van der Waals surface area contributed by atoms with Crippen LogP contribution in [0.3, 0.4) is 0 Å². The molecule has 0 aliphatic heterocycles. The molecule has 0 bridgehead atoms. The molecule has 1 amide bonds. The lowest BCUT2D eigenvalue weighted by atomic mass is 9.90. The molecule has 106 valence electrons. The molecule has 2 unspecified atom stereocenters. The van der Waals surface area contributed by atoms with Crippen molar-refractivity contribution < 1.29 is 9.90 Å². The second-order valence-electron chi connectivity index (χ2n) is 5.18. The van der Waals surface area contributed by atoms with Gasteiger partial charge in [-0.25, -0.2) is 0 Å². The van der Waals surface area contributed by atoms with Gasteiger partial charge in [0.25, 0.3) is 0 Å². The summed E-state index contributed by atoms with van der Waals surface area (Å²) in [5.74, 6) is 0.373. The number of carbonyl (C=O) groups excluding carboxylic acids is 1. The van der Waals surface area contributed by atoms with Gasteiger partial charge in [0.05, 0.1) is 6.10 Å². The number of pyridine rings is 1. The molecule has 4 heteroatoms. The second-order valence-corrected chi connectivity index (χ2v) is 5.18. The maximum Gasteiger partial charge on any atom is 0.223 e. The SMILES string of the molecule is CCCC(C(=O)NCC(O)c1ccncc1)C(C)C. The normalized spacial score (nSPS) is 14.2. The predicted molar refractivity (Wildman–Crippen MR) is 75.4 cm³/mol. The summed E-state index contributed by atoms with van der Waals surface area (Å²) in [6, 6.07) is 3.51. The Labute approximate surface area is 115 Å². The van der Waals surface area contributed by atoms with E-state index in [0.29, 0.717) is 5.92 Å². The molecule has 0 aromatic carbocycles. The van der Waals surface area contributed by atoms with Gasteiger partial charge in [-0.1, -0.05) is 27.2 Å². The van der Waals surface area contributed by atoms with Crippen LogP contribution in [0.1, 0.15) is 45.3 Å². The average molecular weight is 264 g/mol. The van der Waals surface area contributed by atoms with E-state index < -0.39 is 6.10 Å². The maximum absolute atomic E-state index is 12.1. The second kappa shape index (κ2) is 7.89. The van der Waals surface area contributed by atoms with Crippen molar-refractivity contribution >= 4 is 5.91 Å². The fourth-order valence-corrected chi connectivity index (χ4v) is 2.11. The van der Waals surface area contributed by atoms with Crippen LogP contribution in [-0.2, 0) is 4.79 Å². The van der Waals surface area contributed by atoms with Crippen molar-refractivity contribution in [2.45, 2.75) is 39.7 Å². The topological polar surface area (TPSA) is 62.2 Å². The molecule has 1 aromatic heterocycles. The summed E-state index contributed by atoms with van der Waals surface area (Å²) in [5.41, 5.74) is 0.770. The van der Waals surface area contributed by atoms with Crippen LogP contribution in [0.4, 0.5) is 0 Å². The van der Waals surface area contributed by atoms with Crippen LogP contribution >= 0.6 is 0 Å². The number of aromatic nitrogens is 1. The number of aliphatic hydroxyl groups is 1. The van der Waals surface area contributed by atoms with Crippen molar-refractivity contribution in [2.24, 2.45) is 11.8 Å². The third-order valence-corrected chi connectivity index (χ3v) is 3.30. The van der Waals surface area contributed by atoms with E-state index in [1.807, 2.05) is 0 Å². The lowest BCUT2D eigenvalue weighted by Crippen LogP contribution is -2.36. The van der Waals surface area contributed by atoms with Crippen LogP contribution < -0.4 is 5.32 Å². The summed E-state index contributed by atoms with van der Waals surface area (Å²) in [5, 5.41) is 12.8. The third kappa shape index (κ3) is 4.99. The minimum atomic E-state index is -0.679. The zero-order valence-corrected chi connectivity index (χ0v) is 12.0. The molecule has 1 heterocycles. The molecule has 0 aliphatic carbocycles. The summed E-state index contributed by atoms with van der Waals surface area (Å²) in [6.45, 7) is 6.43. The van der Waals surface area contributed by atoms with E-state index in [-0.39, 0.29) is 18.4 Å². The van der Waals surface area contributed by atoms with Gasteiger partial charge in [0, 0.05) is 24.9 Å². The number of nitrogens with one attached hydrogen (secondary N) is 1. The van der Waals surface area contributed by atoms with Crippen molar-refractivity contribution in [3.05, 3.63) is 30.1 Å². The highest BCUT2D eigenvalue weighted by atomic mass is 16.3. The van der Waals surface area contributed by atoms with E-state index in [1.165, 1.54) is 0 Å². The Morgan fingerprint density at radius 1 is 1.37 bits per heavy atom. The highest BCUT2D eigenvalue weighted by Gasteiger charge is 2.21. The Hall–Kier alpha value is -1.42. The van der Waals surface area contributed by atoms with Gasteiger partial charge in [0.1, 0.15) is 0 Å². The van der Waals surface area contributed by atoms with Crippen LogP contribution in [0.2, 0.25) is 0 Å². The third-order valence-electron chi connectivity index (χ3n) is 3.30. The first-order chi connectivity index (χ1) is 9.06. The molecular formula is C15H24N2O2. The van der Waals surface area contributed by atoms with Gasteiger partial charge in [-0.3, -0.25) is 9.78 Å². The van der Waals surface area contributed by atoms with E-state index in [1.54, 1.807) is 24.5 Å². The van der Waals surface area contributed by atoms with Crippen molar-refractivity contribution in [2.75, 3.05) is 6.54 Å². The number of nitrogens with zero attached hydrogens (tertiary/aromatic N) is 1. The monoisotopic (exact) mass is 264 g/mol. The van der Waals surface area contributed by atoms with Crippen LogP contribution in [0.25, 0.3) is 0 Å². The molecule has 0 spiro atoms. The molecule has 0 fully saturated rings. The van der Waals surface area contributed by atoms with Crippen LogP contribution in [0, 0.1) is 11.8 Å². The van der Waals surface area contributed by atoms with Crippen molar-refractivity contribution in [1.29, 1.82) is 0 Å². The Bertz CT molecular complexity index is 379. The fourth-order valence-electron chi connectivity index (χ4n) is 2.11. The molecule has 0 saturated heterocycles. The van der Waals surface area contributed by atoms with E-state index in [0.717, 1.165) is 18.4 Å². The fraction of sp³-hybridized carbons (Fsp3) is 0.600. The lowest BCUT2D eigenvalue weighted by Gasteiger charge is -2.20. The summed E-state index contributed by atoms with van der Waals surface area (Å²) in [6.07, 6.45) is 4.46. The van der Waals surface area contributed by atoms with Gasteiger partial charge in [0.15, 0.2) is 0 Å². The van der Waals surface area contributed by atoms with E-state index in [4.69, 9.17) is 0 Å². The van der Waals surface area contributed by atoms with Gasteiger partial charge < -0.3 is 10.4 Å². The summed E-state index contributed by atoms with van der Waals surface area (Å²) >= 11 is 0. The highest BCUT2D eigenvalue weighted by molar-refractivity contribution is 5.78. The summed E-state index contributed by atoms with van der Waals surface area (Å²) in [4.78, 5) is 16.0. The first kappa shape index (κ1) is 15.6. The molecule has 19 heavy (non-hydrogen) atoms. The Morgan fingerprint density at radius 3 is 2.53 bits per heavy atom. The van der Waals surface area contributed by atoms with Gasteiger partial charge in [-0.2, -0.15) is 0 Å². The number of aliphatic hydroxyl groups excluding tert-OH is 1. The molecule has 1 rings (SSSR count). The Kier molecular flexibility index (Phi) is 6.50. The van der Waals surface area contributed by atoms with Crippen molar-refractivity contribution in [1.82, 2.24) is 10.3 Å². The number of amides is 1. The van der Waals surface area contributed by atoms with E-state index >= 15 is 0 Å². The van der Waals surface area contributed by atoms with Crippen LogP contribution in [0.5, 0.6) is 0 Å². The Balaban J connectivity index is 2.49. The maximum atomic E-state index is 12.1. The molecule has 0 saturated carbocycles. The van der Waals surface area contributed by atoms with Gasteiger partial charge in [-0.05, 0) is 30.0 Å². The van der Waals surface area contributed by atoms with Gasteiger partial charge >= 0.3 is 0 Å². The van der Waals surface area contributed by atoms with Crippen molar-refractivity contribution in [3.8, 4) is 0 Å². The standard InChI is InChI=1S/C15H24N2O2/c1-4-5-13(11(2)3)15(19)17-10-14(18)12-6-8-16-9-7-12/h6-9,11,13-14,18H,4-5,10H2,1-3H3,(H,17,19). The minimum Gasteiger partial charge on any atom is -0.387 e. The summed E-state index contributed by atoms with van der Waals surface area (Å²) in [7, 11) is 0. The molecule has 2 N–H and O–H groups in total. The quantitative estimate of drug-likeness (QED) is 0.794. The lowest BCUT2D eigenvalue weighted by molar-refractivity contribution is -0.127. The average Bonchev–Trinajstić information content (AvgIpc) is 2.42. The van der Waals surface area contributed by atoms with E-state index in [2.05, 4.69) is 31.1 Å². The zero-order chi connectivity index (χ0) is 14.3. The van der Waals surface area contributed by atoms with E-state index in [9.17, 15) is 9.90 Å². The smallest absolute Gasteiger partial charge is 0.223 e. The molecule has 0 radical (unpaired) electrons. The van der Waals surface area contributed by atoms with Crippen LogP contribution in [0.15, 0.2) is 24.5 Å². The van der Waals surface area contributed by atoms with Crippen LogP contribution in [-0.4, -0.2) is 22.5 Å². The highest BCUT2D eigenvalue weighted by Crippen LogP contribution is 2.17. The predicted octanol–water partition coefficient (Wildman–Crippen LogP) is 2.30. The number of rotatable bonds is 7. The number of hydrogen-bond acceptors (Lipinski definition) is 3. The van der Waals surface area contributed by atoms with Crippen molar-refractivity contribution in [3.63, 3.8) is 0 Å².